The van der Waals surface area contributed by atoms with Crippen molar-refractivity contribution in [2.45, 2.75) is 38.7 Å². The average Bonchev–Trinajstić information content (AvgIpc) is 2.11. The predicted octanol–water partition coefficient (Wildman–Crippen LogP) is 1.33. The molecule has 0 fully saturated rings. The van der Waals surface area contributed by atoms with E-state index in [-0.39, 0.29) is 0 Å². The second-order valence-electron chi connectivity index (χ2n) is 3.78. The SMILES string of the molecule is CCCCC(C)(OC)C(=O)CP(=O)(O)O. The summed E-state index contributed by atoms with van der Waals surface area (Å²) in [6.07, 6.45) is 1.43. The fourth-order valence-electron chi connectivity index (χ4n) is 1.22. The summed E-state index contributed by atoms with van der Waals surface area (Å²) in [5, 5.41) is 0. The Balaban J connectivity index is 4.51. The van der Waals surface area contributed by atoms with E-state index in [0.717, 1.165) is 12.8 Å². The summed E-state index contributed by atoms with van der Waals surface area (Å²) in [7, 11) is -2.91. The van der Waals surface area contributed by atoms with Gasteiger partial charge in [-0.15, -0.1) is 0 Å². The van der Waals surface area contributed by atoms with Gasteiger partial charge in [0, 0.05) is 7.11 Å². The van der Waals surface area contributed by atoms with E-state index in [9.17, 15) is 9.36 Å². The zero-order valence-corrected chi connectivity index (χ0v) is 10.3. The molecule has 6 heteroatoms. The molecule has 0 aliphatic heterocycles. The molecule has 0 bridgehead atoms. The fraction of sp³-hybridized carbons (Fsp3) is 0.889. The summed E-state index contributed by atoms with van der Waals surface area (Å²) in [5.74, 6) is -0.535. The van der Waals surface area contributed by atoms with Crippen molar-refractivity contribution in [1.82, 2.24) is 0 Å². The first-order valence-electron chi connectivity index (χ1n) is 4.88. The van der Waals surface area contributed by atoms with Crippen molar-refractivity contribution in [3.63, 3.8) is 0 Å². The van der Waals surface area contributed by atoms with Crippen LogP contribution >= 0.6 is 7.60 Å². The van der Waals surface area contributed by atoms with Gasteiger partial charge in [0.05, 0.1) is 0 Å². The highest BCUT2D eigenvalue weighted by Gasteiger charge is 2.35. The van der Waals surface area contributed by atoms with Crippen molar-refractivity contribution in [1.29, 1.82) is 0 Å². The second kappa shape index (κ2) is 5.75. The van der Waals surface area contributed by atoms with E-state index in [1.54, 1.807) is 6.92 Å². The van der Waals surface area contributed by atoms with Gasteiger partial charge in [-0.25, -0.2) is 0 Å². The molecule has 2 N–H and O–H groups in total. The van der Waals surface area contributed by atoms with Crippen LogP contribution in [0.2, 0.25) is 0 Å². The van der Waals surface area contributed by atoms with Crippen LogP contribution in [0.4, 0.5) is 0 Å². The van der Waals surface area contributed by atoms with Crippen molar-refractivity contribution in [3.05, 3.63) is 0 Å². The van der Waals surface area contributed by atoms with E-state index in [1.165, 1.54) is 7.11 Å². The van der Waals surface area contributed by atoms with E-state index in [1.807, 2.05) is 6.92 Å². The predicted molar refractivity (Wildman–Crippen MR) is 56.9 cm³/mol. The molecule has 0 amide bonds. The summed E-state index contributed by atoms with van der Waals surface area (Å²) < 4.78 is 15.8. The monoisotopic (exact) mass is 238 g/mol. The smallest absolute Gasteiger partial charge is 0.333 e. The molecule has 0 spiro atoms. The number of methoxy groups -OCH3 is 1. The maximum atomic E-state index is 11.6. The van der Waals surface area contributed by atoms with Crippen LogP contribution in [-0.2, 0) is 14.1 Å². The molecular weight excluding hydrogens is 219 g/mol. The Morgan fingerprint density at radius 2 is 2.00 bits per heavy atom. The van der Waals surface area contributed by atoms with Crippen molar-refractivity contribution >= 4 is 13.4 Å². The molecule has 0 aromatic carbocycles. The van der Waals surface area contributed by atoms with Crippen molar-refractivity contribution in [2.24, 2.45) is 0 Å². The second-order valence-corrected chi connectivity index (χ2v) is 5.43. The largest absolute Gasteiger partial charge is 0.371 e. The van der Waals surface area contributed by atoms with Gasteiger partial charge in [-0.05, 0) is 13.3 Å². The molecule has 0 aliphatic carbocycles. The van der Waals surface area contributed by atoms with Gasteiger partial charge in [-0.1, -0.05) is 19.8 Å². The molecular formula is C9H19O5P. The van der Waals surface area contributed by atoms with Gasteiger partial charge in [0.1, 0.15) is 11.8 Å². The van der Waals surface area contributed by atoms with Crippen LogP contribution in [0.25, 0.3) is 0 Å². The fourth-order valence-corrected chi connectivity index (χ4v) is 1.93. The number of ether oxygens (including phenoxy) is 1. The van der Waals surface area contributed by atoms with Crippen molar-refractivity contribution in [2.75, 3.05) is 13.3 Å². The van der Waals surface area contributed by atoms with Crippen LogP contribution in [-0.4, -0.2) is 34.4 Å². The summed E-state index contributed by atoms with van der Waals surface area (Å²) in [6, 6.07) is 0. The van der Waals surface area contributed by atoms with Crippen LogP contribution in [0, 0.1) is 0 Å². The highest BCUT2D eigenvalue weighted by molar-refractivity contribution is 7.52. The molecule has 0 aromatic heterocycles. The van der Waals surface area contributed by atoms with Crippen LogP contribution in [0.1, 0.15) is 33.1 Å². The Morgan fingerprint density at radius 1 is 1.47 bits per heavy atom. The Hall–Kier alpha value is -0.220. The third-order valence-corrected chi connectivity index (χ3v) is 3.10. The molecule has 1 unspecified atom stereocenters. The first-order valence-corrected chi connectivity index (χ1v) is 6.68. The van der Waals surface area contributed by atoms with Gasteiger partial charge in [0.15, 0.2) is 5.78 Å². The minimum atomic E-state index is -4.29. The number of ketones is 1. The van der Waals surface area contributed by atoms with Gasteiger partial charge in [0.2, 0.25) is 0 Å². The van der Waals surface area contributed by atoms with E-state index in [4.69, 9.17) is 14.5 Å². The summed E-state index contributed by atoms with van der Waals surface area (Å²) in [5.41, 5.74) is -1.07. The number of carbonyl (C=O) groups is 1. The number of hydrogen-bond donors (Lipinski definition) is 2. The third kappa shape index (κ3) is 5.42. The molecule has 0 aliphatic rings. The highest BCUT2D eigenvalue weighted by atomic mass is 31.2. The summed E-state index contributed by atoms with van der Waals surface area (Å²) in [6.45, 7) is 3.55. The Morgan fingerprint density at radius 3 is 2.33 bits per heavy atom. The number of unbranched alkanes of at least 4 members (excludes halogenated alkanes) is 1. The van der Waals surface area contributed by atoms with Crippen molar-refractivity contribution in [3.8, 4) is 0 Å². The Kier molecular flexibility index (Phi) is 5.67. The van der Waals surface area contributed by atoms with Crippen LogP contribution < -0.4 is 0 Å². The van der Waals surface area contributed by atoms with Crippen molar-refractivity contribution < 1.29 is 23.9 Å². The van der Waals surface area contributed by atoms with Gasteiger partial charge >= 0.3 is 7.60 Å². The maximum Gasteiger partial charge on any atom is 0.333 e. The standard InChI is InChI=1S/C9H19O5P/c1-4-5-6-9(2,14-3)8(10)7-15(11,12)13/h4-7H2,1-3H3,(H2,11,12,13). The van der Waals surface area contributed by atoms with Crippen LogP contribution in [0.5, 0.6) is 0 Å². The Labute approximate surface area is 90.0 Å². The van der Waals surface area contributed by atoms with Gasteiger partial charge in [0.25, 0.3) is 0 Å². The quantitative estimate of drug-likeness (QED) is 0.653. The van der Waals surface area contributed by atoms with E-state index >= 15 is 0 Å². The lowest BCUT2D eigenvalue weighted by Gasteiger charge is -2.26. The summed E-state index contributed by atoms with van der Waals surface area (Å²) in [4.78, 5) is 29.0. The molecule has 0 saturated heterocycles. The molecule has 0 saturated carbocycles. The minimum Gasteiger partial charge on any atom is -0.371 e. The lowest BCUT2D eigenvalue weighted by molar-refractivity contribution is -0.137. The summed E-state index contributed by atoms with van der Waals surface area (Å²) >= 11 is 0. The van der Waals surface area contributed by atoms with Crippen LogP contribution in [0.3, 0.4) is 0 Å². The molecule has 0 radical (unpaired) electrons. The average molecular weight is 238 g/mol. The molecule has 5 nitrogen and oxygen atoms in total. The molecule has 15 heavy (non-hydrogen) atoms. The van der Waals surface area contributed by atoms with Gasteiger partial charge in [-0.3, -0.25) is 9.36 Å². The normalized spacial score (nSPS) is 16.1. The van der Waals surface area contributed by atoms with Crippen LogP contribution in [0.15, 0.2) is 0 Å². The first kappa shape index (κ1) is 14.8. The number of carbonyl (C=O) groups excluding carboxylic acids is 1. The molecule has 0 aromatic rings. The van der Waals surface area contributed by atoms with E-state index < -0.39 is 25.1 Å². The zero-order valence-electron chi connectivity index (χ0n) is 9.39. The van der Waals surface area contributed by atoms with E-state index in [2.05, 4.69) is 0 Å². The topological polar surface area (TPSA) is 83.8 Å². The number of Topliss-reactive ketones (excluding diaryl/α,β-unsaturated/α-hetero) is 1. The molecule has 90 valence electrons. The lowest BCUT2D eigenvalue weighted by atomic mass is 9.95. The zero-order chi connectivity index (χ0) is 12.1. The number of rotatable bonds is 7. The number of hydrogen-bond acceptors (Lipinski definition) is 3. The highest BCUT2D eigenvalue weighted by Crippen LogP contribution is 2.36. The lowest BCUT2D eigenvalue weighted by Crippen LogP contribution is -2.39. The minimum absolute atomic E-state index is 0.485. The van der Waals surface area contributed by atoms with Gasteiger partial charge < -0.3 is 14.5 Å². The molecule has 0 rings (SSSR count). The Bertz CT molecular complexity index is 259. The first-order chi connectivity index (χ1) is 6.75. The third-order valence-electron chi connectivity index (χ3n) is 2.40. The van der Waals surface area contributed by atoms with Gasteiger partial charge in [-0.2, -0.15) is 0 Å². The molecule has 1 atom stereocenters. The maximum absolute atomic E-state index is 11.6. The van der Waals surface area contributed by atoms with E-state index in [0.29, 0.717) is 6.42 Å². The molecule has 0 heterocycles.